The van der Waals surface area contributed by atoms with Crippen LogP contribution in [0.1, 0.15) is 24.0 Å². The molecule has 0 amide bonds. The first-order valence-electron chi connectivity index (χ1n) is 6.50. The van der Waals surface area contributed by atoms with Gasteiger partial charge in [0.2, 0.25) is 7.37 Å². The van der Waals surface area contributed by atoms with E-state index in [1.54, 1.807) is 12.1 Å². The highest BCUT2D eigenvalue weighted by molar-refractivity contribution is 7.57. The Kier molecular flexibility index (Phi) is 6.12. The predicted octanol–water partition coefficient (Wildman–Crippen LogP) is 2.33. The fourth-order valence-corrected chi connectivity index (χ4v) is 3.92. The van der Waals surface area contributed by atoms with E-state index in [2.05, 4.69) is 0 Å². The summed E-state index contributed by atoms with van der Waals surface area (Å²) < 4.78 is 12.2. The molecule has 0 saturated heterocycles. The molecule has 7 heteroatoms. The summed E-state index contributed by atoms with van der Waals surface area (Å²) in [5.74, 6) is -3.48. The zero-order valence-electron chi connectivity index (χ0n) is 11.7. The molecule has 6 nitrogen and oxygen atoms in total. The third kappa shape index (κ3) is 6.56. The van der Waals surface area contributed by atoms with E-state index in [9.17, 15) is 19.0 Å². The quantitative estimate of drug-likeness (QED) is 0.635. The average molecular weight is 314 g/mol. The zero-order chi connectivity index (χ0) is 16.0. The zero-order valence-corrected chi connectivity index (χ0v) is 12.6. The van der Waals surface area contributed by atoms with Crippen LogP contribution < -0.4 is 0 Å². The van der Waals surface area contributed by atoms with Crippen molar-refractivity contribution in [2.45, 2.75) is 25.9 Å². The van der Waals surface area contributed by atoms with Crippen LogP contribution in [0, 0.1) is 12.8 Å². The molecule has 21 heavy (non-hydrogen) atoms. The van der Waals surface area contributed by atoms with Gasteiger partial charge in [0.25, 0.3) is 0 Å². The molecule has 0 aliphatic carbocycles. The molecule has 0 heterocycles. The monoisotopic (exact) mass is 314 g/mol. The molecule has 0 fully saturated rings. The maximum Gasteiger partial charge on any atom is 0.307 e. The lowest BCUT2D eigenvalue weighted by molar-refractivity contribution is -0.142. The largest absolute Gasteiger partial charge is 0.481 e. The van der Waals surface area contributed by atoms with Gasteiger partial charge >= 0.3 is 11.9 Å². The fourth-order valence-electron chi connectivity index (χ4n) is 1.98. The molecule has 2 atom stereocenters. The van der Waals surface area contributed by atoms with Gasteiger partial charge in [-0.05, 0) is 18.9 Å². The minimum absolute atomic E-state index is 0.107. The Hall–Kier alpha value is -1.65. The molecule has 0 radical (unpaired) electrons. The van der Waals surface area contributed by atoms with Crippen molar-refractivity contribution in [3.8, 4) is 0 Å². The topological polar surface area (TPSA) is 112 Å². The van der Waals surface area contributed by atoms with Crippen molar-refractivity contribution in [3.05, 3.63) is 35.4 Å². The lowest BCUT2D eigenvalue weighted by atomic mass is 10.1. The van der Waals surface area contributed by atoms with E-state index in [0.29, 0.717) is 5.56 Å². The highest BCUT2D eigenvalue weighted by Crippen LogP contribution is 2.46. The van der Waals surface area contributed by atoms with Gasteiger partial charge in [0.05, 0.1) is 5.92 Å². The Morgan fingerprint density at radius 1 is 1.19 bits per heavy atom. The van der Waals surface area contributed by atoms with Crippen LogP contribution in [-0.4, -0.2) is 33.2 Å². The molecule has 0 spiro atoms. The van der Waals surface area contributed by atoms with E-state index in [1.165, 1.54) is 0 Å². The first-order chi connectivity index (χ1) is 9.69. The second kappa shape index (κ2) is 7.38. The first-order valence-corrected chi connectivity index (χ1v) is 8.53. The van der Waals surface area contributed by atoms with E-state index in [0.717, 1.165) is 5.56 Å². The Labute approximate surface area is 122 Å². The average Bonchev–Trinajstić information content (AvgIpc) is 2.36. The standard InChI is InChI=1S/C14H19O6P/c1-10-2-4-11(5-3-10)8-21(19,20)9-12(14(17)18)6-7-13(15)16/h2-5,12H,6-9H2,1H3,(H,15,16)(H,17,18)(H,19,20)/t12-/m0/s1. The van der Waals surface area contributed by atoms with Crippen molar-refractivity contribution < 1.29 is 29.3 Å². The number of aliphatic carboxylic acids is 2. The molecule has 0 bridgehead atoms. The smallest absolute Gasteiger partial charge is 0.307 e. The molecule has 1 aromatic rings. The highest BCUT2D eigenvalue weighted by atomic mass is 31.2. The molecule has 1 aromatic carbocycles. The number of hydrogen-bond acceptors (Lipinski definition) is 3. The van der Waals surface area contributed by atoms with Crippen LogP contribution in [0.2, 0.25) is 0 Å². The maximum atomic E-state index is 12.2. The van der Waals surface area contributed by atoms with Crippen LogP contribution in [0.5, 0.6) is 0 Å². The molecule has 1 unspecified atom stereocenters. The SMILES string of the molecule is Cc1ccc(CP(=O)(O)C[C@H](CCC(=O)O)C(=O)O)cc1. The van der Waals surface area contributed by atoms with Gasteiger partial charge in [0.15, 0.2) is 0 Å². The lowest BCUT2D eigenvalue weighted by Gasteiger charge is -2.17. The number of carbonyl (C=O) groups is 2. The van der Waals surface area contributed by atoms with Crippen LogP contribution in [-0.2, 0) is 20.3 Å². The van der Waals surface area contributed by atoms with Gasteiger partial charge in [-0.15, -0.1) is 0 Å². The summed E-state index contributed by atoms with van der Waals surface area (Å²) in [7, 11) is -3.67. The molecular weight excluding hydrogens is 295 g/mol. The molecule has 0 aliphatic rings. The Bertz CT molecular complexity index is 551. The van der Waals surface area contributed by atoms with E-state index in [-0.39, 0.29) is 19.0 Å². The molecule has 1 rings (SSSR count). The minimum Gasteiger partial charge on any atom is -0.481 e. The molecule has 0 saturated carbocycles. The second-order valence-corrected chi connectivity index (χ2v) is 7.51. The Morgan fingerprint density at radius 3 is 2.24 bits per heavy atom. The van der Waals surface area contributed by atoms with Gasteiger partial charge in [-0.1, -0.05) is 29.8 Å². The molecule has 116 valence electrons. The summed E-state index contributed by atoms with van der Waals surface area (Å²) in [6.07, 6.45) is -1.00. The highest BCUT2D eigenvalue weighted by Gasteiger charge is 2.29. The maximum absolute atomic E-state index is 12.2. The Balaban J connectivity index is 2.71. The third-order valence-corrected chi connectivity index (χ3v) is 4.98. The van der Waals surface area contributed by atoms with Gasteiger partial charge in [0.1, 0.15) is 0 Å². The van der Waals surface area contributed by atoms with E-state index in [1.807, 2.05) is 19.1 Å². The normalized spacial score (nSPS) is 15.1. The van der Waals surface area contributed by atoms with Gasteiger partial charge < -0.3 is 15.1 Å². The van der Waals surface area contributed by atoms with Crippen molar-refractivity contribution >= 4 is 19.3 Å². The summed E-state index contributed by atoms with van der Waals surface area (Å²) in [6, 6.07) is 7.08. The Morgan fingerprint density at radius 2 is 1.76 bits per heavy atom. The van der Waals surface area contributed by atoms with Crippen LogP contribution in [0.25, 0.3) is 0 Å². The molecular formula is C14H19O6P. The van der Waals surface area contributed by atoms with E-state index < -0.39 is 31.4 Å². The van der Waals surface area contributed by atoms with Crippen molar-refractivity contribution in [1.82, 2.24) is 0 Å². The summed E-state index contributed by atoms with van der Waals surface area (Å²) in [5, 5.41) is 17.6. The van der Waals surface area contributed by atoms with Crippen LogP contribution >= 0.6 is 7.37 Å². The second-order valence-electron chi connectivity index (χ2n) is 5.14. The molecule has 0 aromatic heterocycles. The van der Waals surface area contributed by atoms with E-state index >= 15 is 0 Å². The van der Waals surface area contributed by atoms with E-state index in [4.69, 9.17) is 10.2 Å². The van der Waals surface area contributed by atoms with Gasteiger partial charge in [-0.2, -0.15) is 0 Å². The number of benzene rings is 1. The fraction of sp³-hybridized carbons (Fsp3) is 0.429. The summed E-state index contributed by atoms with van der Waals surface area (Å²) in [4.78, 5) is 31.5. The van der Waals surface area contributed by atoms with Crippen molar-refractivity contribution in [1.29, 1.82) is 0 Å². The summed E-state index contributed by atoms with van der Waals surface area (Å²) >= 11 is 0. The lowest BCUT2D eigenvalue weighted by Crippen LogP contribution is -2.19. The summed E-state index contributed by atoms with van der Waals surface area (Å²) in [6.45, 7) is 1.90. The van der Waals surface area contributed by atoms with Crippen molar-refractivity contribution in [2.75, 3.05) is 6.16 Å². The van der Waals surface area contributed by atoms with Crippen LogP contribution in [0.3, 0.4) is 0 Å². The number of rotatable bonds is 8. The molecule has 0 aliphatic heterocycles. The van der Waals surface area contributed by atoms with Crippen molar-refractivity contribution in [2.24, 2.45) is 5.92 Å². The summed E-state index contributed by atoms with van der Waals surface area (Å²) in [5.41, 5.74) is 1.69. The number of aryl methyl sites for hydroxylation is 1. The number of carboxylic acid groups (broad SMARTS) is 2. The molecule has 3 N–H and O–H groups in total. The van der Waals surface area contributed by atoms with Gasteiger partial charge in [-0.3, -0.25) is 14.2 Å². The minimum atomic E-state index is -3.67. The van der Waals surface area contributed by atoms with Gasteiger partial charge in [-0.25, -0.2) is 0 Å². The predicted molar refractivity (Wildman–Crippen MR) is 77.6 cm³/mol. The third-order valence-electron chi connectivity index (χ3n) is 3.11. The van der Waals surface area contributed by atoms with Crippen LogP contribution in [0.4, 0.5) is 0 Å². The number of carboxylic acids is 2. The van der Waals surface area contributed by atoms with Gasteiger partial charge in [0, 0.05) is 18.7 Å². The van der Waals surface area contributed by atoms with Crippen LogP contribution in [0.15, 0.2) is 24.3 Å². The number of hydrogen-bond donors (Lipinski definition) is 3. The van der Waals surface area contributed by atoms with Crippen molar-refractivity contribution in [3.63, 3.8) is 0 Å². The first kappa shape index (κ1) is 17.4.